The average Bonchev–Trinajstić information content (AvgIpc) is 2.15. The first-order valence-corrected chi connectivity index (χ1v) is 7.10. The van der Waals surface area contributed by atoms with Gasteiger partial charge in [0.1, 0.15) is 0 Å². The van der Waals surface area contributed by atoms with Gasteiger partial charge in [-0.05, 0) is 0 Å². The fourth-order valence-corrected chi connectivity index (χ4v) is 3.33. The summed E-state index contributed by atoms with van der Waals surface area (Å²) >= 11 is 1.98. The molecule has 0 radical (unpaired) electrons. The predicted molar refractivity (Wildman–Crippen MR) is 70.9 cm³/mol. The van der Waals surface area contributed by atoms with Crippen molar-refractivity contribution in [2.45, 2.75) is 50.7 Å². The minimum Gasteiger partial charge on any atom is -0.340 e. The van der Waals surface area contributed by atoms with Crippen molar-refractivity contribution in [1.29, 1.82) is 0 Å². The fraction of sp³-hybridized carbons (Fsp3) is 0.917. The van der Waals surface area contributed by atoms with Crippen molar-refractivity contribution < 1.29 is 4.79 Å². The maximum Gasteiger partial charge on any atom is 0.223 e. The highest BCUT2D eigenvalue weighted by Gasteiger charge is 2.25. The molecule has 0 spiro atoms. The number of nitrogens with one attached hydrogen (secondary N) is 1. The van der Waals surface area contributed by atoms with Crippen molar-refractivity contribution in [3.8, 4) is 0 Å². The lowest BCUT2D eigenvalue weighted by atomic mass is 10.2. The molecule has 1 aliphatic rings. The SMILES string of the molecule is CC(C)NCCC(=O)N1CC(C)SC(C)C1. The predicted octanol–water partition coefficient (Wildman–Crippen LogP) is 1.73. The van der Waals surface area contributed by atoms with Gasteiger partial charge in [0.05, 0.1) is 0 Å². The van der Waals surface area contributed by atoms with Crippen LogP contribution in [0.2, 0.25) is 0 Å². The number of rotatable bonds is 4. The minimum atomic E-state index is 0.298. The standard InChI is InChI=1S/C12H24N2OS/c1-9(2)13-6-5-12(15)14-7-10(3)16-11(4)8-14/h9-11,13H,5-8H2,1-4H3. The molecular formula is C12H24N2OS. The van der Waals surface area contributed by atoms with Crippen molar-refractivity contribution in [2.75, 3.05) is 19.6 Å². The van der Waals surface area contributed by atoms with E-state index in [1.807, 2.05) is 16.7 Å². The zero-order valence-corrected chi connectivity index (χ0v) is 11.6. The van der Waals surface area contributed by atoms with Gasteiger partial charge in [0.15, 0.2) is 0 Å². The average molecular weight is 244 g/mol. The van der Waals surface area contributed by atoms with Gasteiger partial charge in [-0.1, -0.05) is 27.7 Å². The summed E-state index contributed by atoms with van der Waals surface area (Å²) in [7, 11) is 0. The third kappa shape index (κ3) is 4.74. The van der Waals surface area contributed by atoms with E-state index in [0.29, 0.717) is 28.9 Å². The Balaban J connectivity index is 2.30. The number of carbonyl (C=O) groups excluding carboxylic acids is 1. The van der Waals surface area contributed by atoms with Gasteiger partial charge in [0, 0.05) is 42.6 Å². The molecule has 16 heavy (non-hydrogen) atoms. The largest absolute Gasteiger partial charge is 0.340 e. The molecule has 3 nitrogen and oxygen atoms in total. The molecule has 94 valence electrons. The maximum atomic E-state index is 11.9. The molecule has 2 unspecified atom stereocenters. The van der Waals surface area contributed by atoms with Crippen molar-refractivity contribution >= 4 is 17.7 Å². The van der Waals surface area contributed by atoms with Crippen LogP contribution in [-0.2, 0) is 4.79 Å². The van der Waals surface area contributed by atoms with E-state index in [9.17, 15) is 4.79 Å². The number of hydrogen-bond donors (Lipinski definition) is 1. The van der Waals surface area contributed by atoms with Gasteiger partial charge >= 0.3 is 0 Å². The summed E-state index contributed by atoms with van der Waals surface area (Å²) in [6.07, 6.45) is 0.627. The molecule has 0 aromatic carbocycles. The molecule has 0 aromatic heterocycles. The molecule has 0 aromatic rings. The second-order valence-corrected chi connectivity index (χ2v) is 6.80. The van der Waals surface area contributed by atoms with Crippen LogP contribution in [0.4, 0.5) is 0 Å². The van der Waals surface area contributed by atoms with Crippen LogP contribution in [0.5, 0.6) is 0 Å². The van der Waals surface area contributed by atoms with Crippen molar-refractivity contribution in [3.63, 3.8) is 0 Å². The molecular weight excluding hydrogens is 220 g/mol. The van der Waals surface area contributed by atoms with Crippen LogP contribution in [0.15, 0.2) is 0 Å². The van der Waals surface area contributed by atoms with Crippen LogP contribution in [0, 0.1) is 0 Å². The second kappa shape index (κ2) is 6.50. The highest BCUT2D eigenvalue weighted by Crippen LogP contribution is 2.24. The Hall–Kier alpha value is -0.220. The Morgan fingerprint density at radius 2 is 1.94 bits per heavy atom. The summed E-state index contributed by atoms with van der Waals surface area (Å²) in [6.45, 7) is 11.2. The number of amides is 1. The molecule has 0 saturated carbocycles. The Labute approximate surface area is 103 Å². The summed E-state index contributed by atoms with van der Waals surface area (Å²) in [6, 6.07) is 0.461. The first kappa shape index (κ1) is 13.8. The second-order valence-electron chi connectivity index (χ2n) is 4.91. The van der Waals surface area contributed by atoms with Crippen LogP contribution in [0.3, 0.4) is 0 Å². The van der Waals surface area contributed by atoms with E-state index in [1.54, 1.807) is 0 Å². The number of thioether (sulfide) groups is 1. The van der Waals surface area contributed by atoms with E-state index in [-0.39, 0.29) is 0 Å². The first-order valence-electron chi connectivity index (χ1n) is 6.15. The van der Waals surface area contributed by atoms with E-state index in [2.05, 4.69) is 33.0 Å². The number of carbonyl (C=O) groups is 1. The minimum absolute atomic E-state index is 0.298. The van der Waals surface area contributed by atoms with E-state index in [0.717, 1.165) is 19.6 Å². The van der Waals surface area contributed by atoms with Crippen LogP contribution in [-0.4, -0.2) is 47.0 Å². The quantitative estimate of drug-likeness (QED) is 0.817. The molecule has 1 rings (SSSR count). The van der Waals surface area contributed by atoms with Crippen molar-refractivity contribution in [3.05, 3.63) is 0 Å². The van der Waals surface area contributed by atoms with Gasteiger partial charge in [-0.2, -0.15) is 11.8 Å². The molecule has 0 bridgehead atoms. The van der Waals surface area contributed by atoms with Gasteiger partial charge in [-0.3, -0.25) is 4.79 Å². The number of hydrogen-bond acceptors (Lipinski definition) is 3. The zero-order chi connectivity index (χ0) is 12.1. The lowest BCUT2D eigenvalue weighted by Crippen LogP contribution is -2.44. The summed E-state index contributed by atoms with van der Waals surface area (Å²) in [4.78, 5) is 14.0. The molecule has 1 aliphatic heterocycles. The summed E-state index contributed by atoms with van der Waals surface area (Å²) in [5, 5.41) is 4.43. The Morgan fingerprint density at radius 1 is 1.38 bits per heavy atom. The van der Waals surface area contributed by atoms with Gasteiger partial charge in [0.25, 0.3) is 0 Å². The molecule has 1 N–H and O–H groups in total. The third-order valence-corrected chi connectivity index (χ3v) is 3.89. The van der Waals surface area contributed by atoms with Crippen molar-refractivity contribution in [2.24, 2.45) is 0 Å². The number of nitrogens with zero attached hydrogens (tertiary/aromatic N) is 1. The zero-order valence-electron chi connectivity index (χ0n) is 10.8. The Morgan fingerprint density at radius 3 is 2.44 bits per heavy atom. The maximum absolute atomic E-state index is 11.9. The first-order chi connectivity index (χ1) is 7.49. The molecule has 4 heteroatoms. The van der Waals surface area contributed by atoms with E-state index < -0.39 is 0 Å². The van der Waals surface area contributed by atoms with Gasteiger partial charge in [-0.15, -0.1) is 0 Å². The normalized spacial score (nSPS) is 26.2. The summed E-state index contributed by atoms with van der Waals surface area (Å²) in [5.74, 6) is 0.298. The molecule has 2 atom stereocenters. The topological polar surface area (TPSA) is 32.3 Å². The van der Waals surface area contributed by atoms with Crippen LogP contribution in [0.25, 0.3) is 0 Å². The summed E-state index contributed by atoms with van der Waals surface area (Å²) in [5.41, 5.74) is 0. The highest BCUT2D eigenvalue weighted by molar-refractivity contribution is 8.00. The molecule has 1 fully saturated rings. The Bertz CT molecular complexity index is 223. The smallest absolute Gasteiger partial charge is 0.223 e. The van der Waals surface area contributed by atoms with E-state index in [4.69, 9.17) is 0 Å². The third-order valence-electron chi connectivity index (χ3n) is 2.66. The van der Waals surface area contributed by atoms with E-state index >= 15 is 0 Å². The van der Waals surface area contributed by atoms with Gasteiger partial charge in [-0.25, -0.2) is 0 Å². The molecule has 1 saturated heterocycles. The molecule has 1 amide bonds. The van der Waals surface area contributed by atoms with E-state index in [1.165, 1.54) is 0 Å². The van der Waals surface area contributed by atoms with Gasteiger partial charge in [0.2, 0.25) is 5.91 Å². The Kier molecular flexibility index (Phi) is 5.62. The van der Waals surface area contributed by atoms with Crippen LogP contribution in [0.1, 0.15) is 34.1 Å². The van der Waals surface area contributed by atoms with Crippen LogP contribution >= 0.6 is 11.8 Å². The monoisotopic (exact) mass is 244 g/mol. The van der Waals surface area contributed by atoms with Crippen molar-refractivity contribution in [1.82, 2.24) is 10.2 Å². The van der Waals surface area contributed by atoms with Gasteiger partial charge < -0.3 is 10.2 Å². The lowest BCUT2D eigenvalue weighted by molar-refractivity contribution is -0.131. The van der Waals surface area contributed by atoms with Crippen LogP contribution < -0.4 is 5.32 Å². The lowest BCUT2D eigenvalue weighted by Gasteiger charge is -2.34. The fourth-order valence-electron chi connectivity index (χ4n) is 2.01. The highest BCUT2D eigenvalue weighted by atomic mass is 32.2. The summed E-state index contributed by atoms with van der Waals surface area (Å²) < 4.78 is 0. The molecule has 1 heterocycles. The molecule has 0 aliphatic carbocycles.